The Labute approximate surface area is 133 Å². The SMILES string of the molecule is CO[C@@H]1C[C@@H](c2ncn[nH]2)N(C(=O)c2oc(C3CC3)nc2C)C1. The van der Waals surface area contributed by atoms with Crippen LogP contribution in [0.2, 0.25) is 0 Å². The van der Waals surface area contributed by atoms with Gasteiger partial charge in [0, 0.05) is 26.0 Å². The third kappa shape index (κ3) is 2.52. The van der Waals surface area contributed by atoms with Crippen molar-refractivity contribution in [3.8, 4) is 0 Å². The lowest BCUT2D eigenvalue weighted by atomic mass is 10.2. The number of nitrogens with one attached hydrogen (secondary N) is 1. The van der Waals surface area contributed by atoms with Crippen molar-refractivity contribution in [2.75, 3.05) is 13.7 Å². The Morgan fingerprint density at radius 3 is 2.96 bits per heavy atom. The predicted molar refractivity (Wildman–Crippen MR) is 78.8 cm³/mol. The topological polar surface area (TPSA) is 97.1 Å². The molecule has 0 bridgehead atoms. The molecule has 8 nitrogen and oxygen atoms in total. The van der Waals surface area contributed by atoms with Gasteiger partial charge in [-0.15, -0.1) is 0 Å². The van der Waals surface area contributed by atoms with Crippen molar-refractivity contribution >= 4 is 5.91 Å². The number of likely N-dealkylation sites (tertiary alicyclic amines) is 1. The van der Waals surface area contributed by atoms with Crippen LogP contribution in [-0.4, -0.2) is 50.7 Å². The van der Waals surface area contributed by atoms with Crippen molar-refractivity contribution in [2.45, 2.75) is 44.2 Å². The number of amides is 1. The summed E-state index contributed by atoms with van der Waals surface area (Å²) >= 11 is 0. The Kier molecular flexibility index (Phi) is 3.41. The average Bonchev–Trinajstić information content (AvgIpc) is 2.98. The largest absolute Gasteiger partial charge is 0.435 e. The van der Waals surface area contributed by atoms with Gasteiger partial charge in [0.2, 0.25) is 5.76 Å². The van der Waals surface area contributed by atoms with E-state index in [2.05, 4.69) is 20.2 Å². The molecule has 2 atom stereocenters. The summed E-state index contributed by atoms with van der Waals surface area (Å²) in [7, 11) is 1.65. The number of carbonyl (C=O) groups excluding carboxylic acids is 1. The van der Waals surface area contributed by atoms with E-state index in [9.17, 15) is 4.79 Å². The number of nitrogens with zero attached hydrogens (tertiary/aromatic N) is 4. The molecule has 2 fully saturated rings. The Balaban J connectivity index is 1.62. The summed E-state index contributed by atoms with van der Waals surface area (Å²) in [5.41, 5.74) is 0.647. The molecule has 2 aromatic heterocycles. The van der Waals surface area contributed by atoms with Gasteiger partial charge in [0.15, 0.2) is 5.89 Å². The number of ether oxygens (including phenoxy) is 1. The second-order valence-electron chi connectivity index (χ2n) is 6.18. The van der Waals surface area contributed by atoms with Crippen LogP contribution in [0.25, 0.3) is 0 Å². The first-order valence-corrected chi connectivity index (χ1v) is 7.83. The highest BCUT2D eigenvalue weighted by Gasteiger charge is 2.40. The fraction of sp³-hybridized carbons (Fsp3) is 0.600. The van der Waals surface area contributed by atoms with Gasteiger partial charge in [-0.3, -0.25) is 9.89 Å². The molecule has 2 aliphatic rings. The summed E-state index contributed by atoms with van der Waals surface area (Å²) < 4.78 is 11.2. The molecule has 4 rings (SSSR count). The van der Waals surface area contributed by atoms with Crippen LogP contribution in [0.4, 0.5) is 0 Å². The van der Waals surface area contributed by atoms with Crippen LogP contribution in [0.5, 0.6) is 0 Å². The van der Waals surface area contributed by atoms with E-state index < -0.39 is 0 Å². The first-order valence-electron chi connectivity index (χ1n) is 7.83. The first kappa shape index (κ1) is 14.4. The number of aromatic nitrogens is 4. The van der Waals surface area contributed by atoms with Gasteiger partial charge in [0.25, 0.3) is 5.91 Å². The molecule has 0 radical (unpaired) electrons. The molecular formula is C15H19N5O3. The van der Waals surface area contributed by atoms with Crippen LogP contribution >= 0.6 is 0 Å². The van der Waals surface area contributed by atoms with Gasteiger partial charge in [-0.05, 0) is 19.8 Å². The highest BCUT2D eigenvalue weighted by Crippen LogP contribution is 2.40. The number of rotatable bonds is 4. The summed E-state index contributed by atoms with van der Waals surface area (Å²) in [4.78, 5) is 23.3. The highest BCUT2D eigenvalue weighted by molar-refractivity contribution is 5.93. The maximum absolute atomic E-state index is 13.0. The van der Waals surface area contributed by atoms with Gasteiger partial charge in [-0.2, -0.15) is 5.10 Å². The van der Waals surface area contributed by atoms with E-state index in [0.29, 0.717) is 42.1 Å². The quantitative estimate of drug-likeness (QED) is 0.919. The molecular weight excluding hydrogens is 298 g/mol. The molecule has 0 aromatic carbocycles. The van der Waals surface area contributed by atoms with Gasteiger partial charge >= 0.3 is 0 Å². The summed E-state index contributed by atoms with van der Waals surface area (Å²) in [6, 6.07) is -0.191. The zero-order valence-corrected chi connectivity index (χ0v) is 13.2. The Morgan fingerprint density at radius 2 is 2.30 bits per heavy atom. The van der Waals surface area contributed by atoms with Crippen molar-refractivity contribution < 1.29 is 13.9 Å². The van der Waals surface area contributed by atoms with E-state index >= 15 is 0 Å². The molecule has 3 heterocycles. The van der Waals surface area contributed by atoms with E-state index in [-0.39, 0.29) is 18.1 Å². The lowest BCUT2D eigenvalue weighted by molar-refractivity contribution is 0.0651. The van der Waals surface area contributed by atoms with Crippen molar-refractivity contribution in [1.29, 1.82) is 0 Å². The van der Waals surface area contributed by atoms with Gasteiger partial charge < -0.3 is 14.1 Å². The minimum atomic E-state index is -0.191. The Morgan fingerprint density at radius 1 is 1.48 bits per heavy atom. The van der Waals surface area contributed by atoms with Crippen LogP contribution in [-0.2, 0) is 4.74 Å². The fourth-order valence-corrected chi connectivity index (χ4v) is 3.08. The van der Waals surface area contributed by atoms with Crippen LogP contribution in [0.1, 0.15) is 59.2 Å². The molecule has 8 heteroatoms. The average molecular weight is 317 g/mol. The van der Waals surface area contributed by atoms with Crippen molar-refractivity contribution in [1.82, 2.24) is 25.1 Å². The minimum absolute atomic E-state index is 0.0276. The van der Waals surface area contributed by atoms with Crippen LogP contribution in [0, 0.1) is 6.92 Å². The Bertz CT molecular complexity index is 707. The van der Waals surface area contributed by atoms with E-state index in [1.54, 1.807) is 12.0 Å². The van der Waals surface area contributed by atoms with Gasteiger partial charge in [-0.1, -0.05) is 0 Å². The third-order valence-electron chi connectivity index (χ3n) is 4.54. The van der Waals surface area contributed by atoms with E-state index in [1.807, 2.05) is 6.92 Å². The van der Waals surface area contributed by atoms with E-state index in [4.69, 9.17) is 9.15 Å². The summed E-state index contributed by atoms with van der Waals surface area (Å²) in [6.07, 6.45) is 4.27. The molecule has 1 aliphatic heterocycles. The van der Waals surface area contributed by atoms with Gasteiger partial charge in [0.1, 0.15) is 12.2 Å². The molecule has 0 unspecified atom stereocenters. The zero-order valence-electron chi connectivity index (χ0n) is 13.2. The van der Waals surface area contributed by atoms with Crippen LogP contribution in [0.15, 0.2) is 10.7 Å². The van der Waals surface area contributed by atoms with Crippen molar-refractivity contribution in [3.05, 3.63) is 29.5 Å². The fourth-order valence-electron chi connectivity index (χ4n) is 3.08. The second-order valence-corrected chi connectivity index (χ2v) is 6.18. The third-order valence-corrected chi connectivity index (χ3v) is 4.54. The lowest BCUT2D eigenvalue weighted by Gasteiger charge is -2.21. The van der Waals surface area contributed by atoms with E-state index in [1.165, 1.54) is 6.33 Å². The number of carbonyl (C=O) groups is 1. The van der Waals surface area contributed by atoms with Crippen molar-refractivity contribution in [3.63, 3.8) is 0 Å². The maximum atomic E-state index is 13.0. The van der Waals surface area contributed by atoms with Crippen LogP contribution in [0.3, 0.4) is 0 Å². The number of methoxy groups -OCH3 is 1. The molecule has 2 aromatic rings. The van der Waals surface area contributed by atoms with Gasteiger partial charge in [-0.25, -0.2) is 9.97 Å². The number of aryl methyl sites for hydroxylation is 1. The lowest BCUT2D eigenvalue weighted by Crippen LogP contribution is -2.32. The van der Waals surface area contributed by atoms with Crippen molar-refractivity contribution in [2.24, 2.45) is 0 Å². The van der Waals surface area contributed by atoms with E-state index in [0.717, 1.165) is 12.8 Å². The number of aromatic amines is 1. The Hall–Kier alpha value is -2.22. The summed E-state index contributed by atoms with van der Waals surface area (Å²) in [5, 5.41) is 6.74. The molecule has 1 N–H and O–H groups in total. The predicted octanol–water partition coefficient (Wildman–Crippen LogP) is 1.58. The number of oxazole rings is 1. The summed E-state index contributed by atoms with van der Waals surface area (Å²) in [6.45, 7) is 2.32. The standard InChI is InChI=1S/C15H19N5O3/c1-8-12(23-14(18-8)9-3-4-9)15(21)20-6-10(22-2)5-11(20)13-16-7-17-19-13/h7,9-11H,3-6H2,1-2H3,(H,16,17,19)/t10-,11+/m1/s1. The minimum Gasteiger partial charge on any atom is -0.435 e. The highest BCUT2D eigenvalue weighted by atomic mass is 16.5. The van der Waals surface area contributed by atoms with Gasteiger partial charge in [0.05, 0.1) is 17.8 Å². The molecule has 1 aliphatic carbocycles. The number of hydrogen-bond acceptors (Lipinski definition) is 6. The normalized spacial score (nSPS) is 24.3. The number of H-pyrrole nitrogens is 1. The summed E-state index contributed by atoms with van der Waals surface area (Å²) in [5.74, 6) is 1.89. The molecule has 1 amide bonds. The molecule has 122 valence electrons. The number of hydrogen-bond donors (Lipinski definition) is 1. The second kappa shape index (κ2) is 5.45. The smallest absolute Gasteiger partial charge is 0.292 e. The first-order chi connectivity index (χ1) is 11.2. The zero-order chi connectivity index (χ0) is 16.0. The molecule has 1 saturated carbocycles. The molecule has 23 heavy (non-hydrogen) atoms. The maximum Gasteiger partial charge on any atom is 0.292 e. The molecule has 0 spiro atoms. The van der Waals surface area contributed by atoms with Crippen LogP contribution < -0.4 is 0 Å². The molecule has 1 saturated heterocycles. The monoisotopic (exact) mass is 317 g/mol.